The summed E-state index contributed by atoms with van der Waals surface area (Å²) < 4.78 is 2.32. The molecule has 2 aromatic rings. The van der Waals surface area contributed by atoms with Gasteiger partial charge < -0.3 is 15.3 Å². The first-order chi connectivity index (χ1) is 28.2. The molecule has 0 aromatic heterocycles. The van der Waals surface area contributed by atoms with Gasteiger partial charge in [-0.3, -0.25) is 4.79 Å². The van der Waals surface area contributed by atoms with Gasteiger partial charge >= 0.3 is 0 Å². The maximum absolute atomic E-state index is 13.2. The number of aliphatic hydroxyl groups is 1. The molecule has 4 saturated carbocycles. The van der Waals surface area contributed by atoms with Crippen LogP contribution in [0.3, 0.4) is 0 Å². The number of rotatable bonds is 12. The molecule has 1 unspecified atom stereocenters. The summed E-state index contributed by atoms with van der Waals surface area (Å²) in [6.07, 6.45) is 26.2. The van der Waals surface area contributed by atoms with Crippen molar-refractivity contribution in [2.24, 2.45) is 46.3 Å². The molecule has 0 radical (unpaired) electrons. The van der Waals surface area contributed by atoms with Crippen molar-refractivity contribution < 1.29 is 14.5 Å². The predicted molar refractivity (Wildman–Crippen MR) is 245 cm³/mol. The number of fused-ring (bicyclic) bond motifs is 7. The van der Waals surface area contributed by atoms with E-state index in [4.69, 9.17) is 0 Å². The molecule has 0 saturated heterocycles. The first-order valence-corrected chi connectivity index (χ1v) is 23.8. The van der Waals surface area contributed by atoms with Gasteiger partial charge in [0.2, 0.25) is 11.6 Å². The van der Waals surface area contributed by atoms with Gasteiger partial charge in [0.25, 0.3) is 0 Å². The normalized spacial score (nSPS) is 34.2. The Morgan fingerprint density at radius 1 is 0.847 bits per heavy atom. The van der Waals surface area contributed by atoms with Crippen LogP contribution in [0.15, 0.2) is 84.6 Å². The zero-order valence-corrected chi connectivity index (χ0v) is 37.9. The molecule has 2 heterocycles. The van der Waals surface area contributed by atoms with Crippen LogP contribution in [0.2, 0.25) is 0 Å². The lowest BCUT2D eigenvalue weighted by Gasteiger charge is -2.61. The number of carbonyl (C=O) groups excluding carboxylic acids is 1. The Kier molecular flexibility index (Phi) is 11.8. The van der Waals surface area contributed by atoms with E-state index < -0.39 is 0 Å². The number of allylic oxidation sites excluding steroid dienone is 6. The average Bonchev–Trinajstić information content (AvgIpc) is 3.75. The van der Waals surface area contributed by atoms with Crippen molar-refractivity contribution in [2.45, 2.75) is 149 Å². The number of anilines is 1. The number of carbonyl (C=O) groups is 1. The van der Waals surface area contributed by atoms with Crippen LogP contribution in [0, 0.1) is 46.3 Å². The molecule has 0 spiro atoms. The molecule has 4 aliphatic carbocycles. The van der Waals surface area contributed by atoms with E-state index in [0.717, 1.165) is 74.8 Å². The summed E-state index contributed by atoms with van der Waals surface area (Å²) in [6.45, 7) is 18.7. The largest absolute Gasteiger partial charge is 0.393 e. The van der Waals surface area contributed by atoms with E-state index in [0.29, 0.717) is 23.2 Å². The second-order valence-corrected chi connectivity index (χ2v) is 21.6. The van der Waals surface area contributed by atoms with Crippen molar-refractivity contribution in [1.29, 1.82) is 0 Å². The number of hydrogen-bond donors (Lipinski definition) is 2. The van der Waals surface area contributed by atoms with Crippen molar-refractivity contribution >= 4 is 23.0 Å². The minimum Gasteiger partial charge on any atom is -0.393 e. The lowest BCUT2D eigenvalue weighted by atomic mass is 9.44. The van der Waals surface area contributed by atoms with Crippen LogP contribution in [-0.2, 0) is 15.6 Å². The zero-order valence-electron chi connectivity index (χ0n) is 37.9. The Labute approximate surface area is 357 Å². The molecule has 5 heteroatoms. The molecule has 2 N–H and O–H groups in total. The Morgan fingerprint density at radius 2 is 1.58 bits per heavy atom. The van der Waals surface area contributed by atoms with Crippen LogP contribution < -0.4 is 10.2 Å². The lowest BCUT2D eigenvalue weighted by molar-refractivity contribution is -0.401. The number of aliphatic hydroxyl groups excluding tert-OH is 1. The number of amides is 1. The van der Waals surface area contributed by atoms with E-state index in [2.05, 4.69) is 149 Å². The third-order valence-electron chi connectivity index (χ3n) is 17.8. The number of unbranched alkanes of at least 4 members (excludes halogenated alkanes) is 1. The van der Waals surface area contributed by atoms with Crippen molar-refractivity contribution in [3.8, 4) is 0 Å². The molecule has 5 nitrogen and oxygen atoms in total. The molecule has 2 aliphatic heterocycles. The summed E-state index contributed by atoms with van der Waals surface area (Å²) in [5.41, 5.74) is 8.72. The van der Waals surface area contributed by atoms with Crippen molar-refractivity contribution in [3.05, 3.63) is 95.7 Å². The van der Waals surface area contributed by atoms with Gasteiger partial charge in [0.15, 0.2) is 5.71 Å². The van der Waals surface area contributed by atoms with Crippen LogP contribution in [-0.4, -0.2) is 47.5 Å². The Balaban J connectivity index is 0.816. The quantitative estimate of drug-likeness (QED) is 0.128. The van der Waals surface area contributed by atoms with Gasteiger partial charge in [-0.25, -0.2) is 0 Å². The smallest absolute Gasteiger partial charge is 0.220 e. The summed E-state index contributed by atoms with van der Waals surface area (Å²) in [5.74, 6) is 4.84. The second-order valence-electron chi connectivity index (χ2n) is 21.6. The third kappa shape index (κ3) is 7.52. The van der Waals surface area contributed by atoms with E-state index in [1.54, 1.807) is 0 Å². The van der Waals surface area contributed by atoms with Gasteiger partial charge in [-0.15, -0.1) is 0 Å². The summed E-state index contributed by atoms with van der Waals surface area (Å²) in [5, 5.41) is 13.8. The Hall–Kier alpha value is -3.44. The number of nitrogens with zero attached hydrogens (tertiary/aromatic N) is 2. The van der Waals surface area contributed by atoms with Crippen LogP contribution in [0.1, 0.15) is 143 Å². The third-order valence-corrected chi connectivity index (χ3v) is 17.8. The SMILES string of the molecule is C[C@H](CCC(=O)NCCCCN1/C(=C/C=C/C=C/C2=[N+](C)c3ccccc3C2(C)C)C(C)(C)c2ccccc21)[C@H]1CC[C@H]2[C@@H]3CCC4C[C@H](O)CC[C@]4(C)[C@H]3CC[C@]12C. The minimum absolute atomic E-state index is 0.0321. The first kappa shape index (κ1) is 42.3. The van der Waals surface area contributed by atoms with Crippen molar-refractivity contribution in [2.75, 3.05) is 25.0 Å². The average molecular weight is 799 g/mol. The van der Waals surface area contributed by atoms with E-state index in [9.17, 15) is 9.90 Å². The molecule has 4 fully saturated rings. The maximum atomic E-state index is 13.2. The highest BCUT2D eigenvalue weighted by atomic mass is 16.3. The highest BCUT2D eigenvalue weighted by molar-refractivity contribution is 6.03. The lowest BCUT2D eigenvalue weighted by Crippen LogP contribution is -2.54. The van der Waals surface area contributed by atoms with Crippen LogP contribution in [0.4, 0.5) is 11.4 Å². The Bertz CT molecular complexity index is 2000. The summed E-state index contributed by atoms with van der Waals surface area (Å²) in [6, 6.07) is 17.6. The molecule has 0 bridgehead atoms. The monoisotopic (exact) mass is 799 g/mol. The fourth-order valence-corrected chi connectivity index (χ4v) is 14.5. The molecular formula is C54H76N3O2+. The molecule has 8 rings (SSSR count). The van der Waals surface area contributed by atoms with Gasteiger partial charge in [0.1, 0.15) is 7.05 Å². The number of hydrogen-bond acceptors (Lipinski definition) is 3. The second kappa shape index (κ2) is 16.4. The zero-order chi connectivity index (χ0) is 41.7. The van der Waals surface area contributed by atoms with Gasteiger partial charge in [0, 0.05) is 54.0 Å². The summed E-state index contributed by atoms with van der Waals surface area (Å²) in [7, 11) is 2.17. The van der Waals surface area contributed by atoms with Crippen LogP contribution in [0.25, 0.3) is 0 Å². The van der Waals surface area contributed by atoms with Crippen molar-refractivity contribution in [1.82, 2.24) is 5.32 Å². The minimum atomic E-state index is -0.0904. The molecular weight excluding hydrogens is 723 g/mol. The fraction of sp³-hybridized carbons (Fsp3) is 0.630. The Morgan fingerprint density at radius 3 is 2.37 bits per heavy atom. The number of para-hydroxylation sites is 2. The fourth-order valence-electron chi connectivity index (χ4n) is 14.5. The van der Waals surface area contributed by atoms with Gasteiger partial charge in [-0.05, 0) is 155 Å². The molecule has 9 atom stereocenters. The van der Waals surface area contributed by atoms with E-state index in [1.165, 1.54) is 78.9 Å². The number of benzene rings is 2. The number of nitrogens with one attached hydrogen (secondary N) is 1. The van der Waals surface area contributed by atoms with Crippen molar-refractivity contribution in [3.63, 3.8) is 0 Å². The predicted octanol–water partition coefficient (Wildman–Crippen LogP) is 11.8. The van der Waals surface area contributed by atoms with Crippen LogP contribution in [0.5, 0.6) is 0 Å². The van der Waals surface area contributed by atoms with Gasteiger partial charge in [0.05, 0.1) is 11.5 Å². The van der Waals surface area contributed by atoms with E-state index in [-0.39, 0.29) is 22.8 Å². The van der Waals surface area contributed by atoms with Gasteiger partial charge in [-0.2, -0.15) is 4.58 Å². The topological polar surface area (TPSA) is 55.6 Å². The molecule has 1 amide bonds. The molecule has 59 heavy (non-hydrogen) atoms. The highest BCUT2D eigenvalue weighted by Gasteiger charge is 2.60. The maximum Gasteiger partial charge on any atom is 0.220 e. The van der Waals surface area contributed by atoms with Gasteiger partial charge in [-0.1, -0.05) is 89.2 Å². The molecule has 318 valence electrons. The molecule has 6 aliphatic rings. The standard InChI is InChI=1S/C54H75N3O2/c1-37(41-27-28-42-40-26-25-38-36-39(58)30-32-53(38,6)43(40)31-33-54(41,42)7)24-29-50(59)55-34-16-17-35-57-47-21-15-13-19-45(47)52(4,5)49(57)23-11-9-10-22-48-51(2,3)44-18-12-14-20-46(44)56(48)8/h9-15,18-23,37-43,58H,16-17,24-36H2,1-8H3/p+1/t37-,38?,39-,40+,41-,42+,43+,53+,54-/m1/s1. The van der Waals surface area contributed by atoms with E-state index in [1.807, 2.05) is 0 Å². The molecule has 2 aromatic carbocycles. The van der Waals surface area contributed by atoms with Crippen LogP contribution >= 0.6 is 0 Å². The summed E-state index contributed by atoms with van der Waals surface area (Å²) >= 11 is 0. The summed E-state index contributed by atoms with van der Waals surface area (Å²) in [4.78, 5) is 15.7. The first-order valence-electron chi connectivity index (χ1n) is 23.8. The highest BCUT2D eigenvalue weighted by Crippen LogP contribution is 2.68. The van der Waals surface area contributed by atoms with E-state index >= 15 is 0 Å².